The fourth-order valence-electron chi connectivity index (χ4n) is 3.05. The van der Waals surface area contributed by atoms with Gasteiger partial charge in [0.15, 0.2) is 0 Å². The third-order valence-electron chi connectivity index (χ3n) is 4.47. The Kier molecular flexibility index (Phi) is 5.54. The molecule has 0 bridgehead atoms. The van der Waals surface area contributed by atoms with Crippen LogP contribution in [0.25, 0.3) is 10.2 Å². The molecule has 3 rings (SSSR count). The van der Waals surface area contributed by atoms with Crippen molar-refractivity contribution in [1.82, 2.24) is 15.3 Å². The smallest absolute Gasteiger partial charge is 0.221 e. The highest BCUT2D eigenvalue weighted by Gasteiger charge is 2.16. The lowest BCUT2D eigenvalue weighted by Crippen LogP contribution is -2.36. The monoisotopic (exact) mass is 349 g/mol. The number of hydrogen-bond donors (Lipinski definition) is 1. The minimum atomic E-state index is 0.174. The van der Waals surface area contributed by atoms with E-state index in [0.717, 1.165) is 33.8 Å². The third kappa shape index (κ3) is 4.04. The van der Waals surface area contributed by atoms with Crippen molar-refractivity contribution in [2.45, 2.75) is 63.4 Å². The molecule has 1 saturated carbocycles. The second-order valence-corrected chi connectivity index (χ2v) is 8.43. The molecule has 0 saturated heterocycles. The van der Waals surface area contributed by atoms with Crippen molar-refractivity contribution in [3.8, 4) is 0 Å². The van der Waals surface area contributed by atoms with E-state index in [2.05, 4.69) is 29.1 Å². The molecule has 1 N–H and O–H groups in total. The largest absolute Gasteiger partial charge is 0.353 e. The highest BCUT2D eigenvalue weighted by Crippen LogP contribution is 2.34. The van der Waals surface area contributed by atoms with Crippen LogP contribution >= 0.6 is 23.1 Å². The predicted molar refractivity (Wildman–Crippen MR) is 97.2 cm³/mol. The summed E-state index contributed by atoms with van der Waals surface area (Å²) in [6.07, 6.45) is 8.25. The average molecular weight is 350 g/mol. The quantitative estimate of drug-likeness (QED) is 0.648. The maximum atomic E-state index is 12.1. The van der Waals surface area contributed by atoms with Crippen LogP contribution in [-0.4, -0.2) is 27.7 Å². The SMILES string of the molecule is Cc1sc2ncnc(SCCC(=O)NC3CCCCC3)c2c1C. The number of aromatic nitrogens is 2. The Morgan fingerprint density at radius 2 is 2.09 bits per heavy atom. The highest BCUT2D eigenvalue weighted by atomic mass is 32.2. The number of thioether (sulfide) groups is 1. The first-order chi connectivity index (χ1) is 11.1. The van der Waals surface area contributed by atoms with Gasteiger partial charge in [-0.1, -0.05) is 19.3 Å². The summed E-state index contributed by atoms with van der Waals surface area (Å²) in [6.45, 7) is 4.24. The first-order valence-corrected chi connectivity index (χ1v) is 10.1. The first kappa shape index (κ1) is 16.7. The number of carbonyl (C=O) groups is 1. The maximum Gasteiger partial charge on any atom is 0.221 e. The number of amides is 1. The fourth-order valence-corrected chi connectivity index (χ4v) is 5.10. The number of rotatable bonds is 5. The van der Waals surface area contributed by atoms with Crippen molar-refractivity contribution in [1.29, 1.82) is 0 Å². The van der Waals surface area contributed by atoms with Crippen LogP contribution in [0.15, 0.2) is 11.4 Å². The molecule has 2 aromatic rings. The van der Waals surface area contributed by atoms with E-state index in [1.54, 1.807) is 29.4 Å². The zero-order valence-corrected chi connectivity index (χ0v) is 15.4. The number of fused-ring (bicyclic) bond motifs is 1. The van der Waals surface area contributed by atoms with Gasteiger partial charge in [-0.05, 0) is 32.3 Å². The second kappa shape index (κ2) is 7.62. The molecule has 0 spiro atoms. The molecule has 1 fully saturated rings. The molecule has 4 nitrogen and oxygen atoms in total. The van der Waals surface area contributed by atoms with Crippen LogP contribution in [0.1, 0.15) is 49.0 Å². The molecule has 0 aromatic carbocycles. The summed E-state index contributed by atoms with van der Waals surface area (Å²) >= 11 is 3.37. The van der Waals surface area contributed by atoms with Gasteiger partial charge in [-0.25, -0.2) is 9.97 Å². The number of thiophene rings is 1. The average Bonchev–Trinajstić information content (AvgIpc) is 2.84. The van der Waals surface area contributed by atoms with Crippen LogP contribution in [0.3, 0.4) is 0 Å². The standard InChI is InChI=1S/C17H23N3OS2/c1-11-12(2)23-17-15(11)16(18-10-19-17)22-9-8-14(21)20-13-6-4-3-5-7-13/h10,13H,3-9H2,1-2H3,(H,20,21). The zero-order chi connectivity index (χ0) is 16.2. The van der Waals surface area contributed by atoms with Crippen LogP contribution in [0, 0.1) is 13.8 Å². The van der Waals surface area contributed by atoms with Gasteiger partial charge < -0.3 is 5.32 Å². The van der Waals surface area contributed by atoms with Crippen LogP contribution < -0.4 is 5.32 Å². The van der Waals surface area contributed by atoms with Crippen LogP contribution in [0.4, 0.5) is 0 Å². The Hall–Kier alpha value is -1.14. The van der Waals surface area contributed by atoms with E-state index in [-0.39, 0.29) is 5.91 Å². The van der Waals surface area contributed by atoms with Gasteiger partial charge >= 0.3 is 0 Å². The van der Waals surface area contributed by atoms with Gasteiger partial charge in [-0.15, -0.1) is 23.1 Å². The first-order valence-electron chi connectivity index (χ1n) is 8.28. The Morgan fingerprint density at radius 3 is 2.87 bits per heavy atom. The normalized spacial score (nSPS) is 15.9. The van der Waals surface area contributed by atoms with Gasteiger partial charge in [0.25, 0.3) is 0 Å². The summed E-state index contributed by atoms with van der Waals surface area (Å²) in [6, 6.07) is 0.397. The molecule has 1 aliphatic rings. The molecule has 0 unspecified atom stereocenters. The van der Waals surface area contributed by atoms with Gasteiger partial charge in [0, 0.05) is 28.5 Å². The molecule has 124 valence electrons. The van der Waals surface area contributed by atoms with Crippen molar-refractivity contribution in [3.05, 3.63) is 16.8 Å². The van der Waals surface area contributed by atoms with E-state index >= 15 is 0 Å². The van der Waals surface area contributed by atoms with Crippen molar-refractivity contribution in [2.24, 2.45) is 0 Å². The van der Waals surface area contributed by atoms with Crippen molar-refractivity contribution < 1.29 is 4.79 Å². The van der Waals surface area contributed by atoms with Crippen molar-refractivity contribution in [3.63, 3.8) is 0 Å². The number of aryl methyl sites for hydroxylation is 2. The molecule has 0 aliphatic heterocycles. The van der Waals surface area contributed by atoms with Gasteiger partial charge in [-0.2, -0.15) is 0 Å². The number of hydrogen-bond acceptors (Lipinski definition) is 5. The molecule has 0 radical (unpaired) electrons. The Labute approximate surface area is 145 Å². The van der Waals surface area contributed by atoms with Crippen molar-refractivity contribution >= 4 is 39.2 Å². The summed E-state index contributed by atoms with van der Waals surface area (Å²) in [5.41, 5.74) is 1.26. The summed E-state index contributed by atoms with van der Waals surface area (Å²) in [5.74, 6) is 0.937. The number of nitrogens with zero attached hydrogens (tertiary/aromatic N) is 2. The molecule has 0 atom stereocenters. The summed E-state index contributed by atoms with van der Waals surface area (Å²) in [4.78, 5) is 23.2. The highest BCUT2D eigenvalue weighted by molar-refractivity contribution is 7.99. The third-order valence-corrected chi connectivity index (χ3v) is 6.58. The van der Waals surface area contributed by atoms with Gasteiger partial charge in [0.2, 0.25) is 5.91 Å². The summed E-state index contributed by atoms with van der Waals surface area (Å²) < 4.78 is 0. The summed E-state index contributed by atoms with van der Waals surface area (Å²) in [7, 11) is 0. The fraction of sp³-hybridized carbons (Fsp3) is 0.588. The lowest BCUT2D eigenvalue weighted by Gasteiger charge is -2.22. The van der Waals surface area contributed by atoms with E-state index < -0.39 is 0 Å². The topological polar surface area (TPSA) is 54.9 Å². The van der Waals surface area contributed by atoms with Gasteiger partial charge in [0.05, 0.1) is 0 Å². The van der Waals surface area contributed by atoms with Gasteiger partial charge in [-0.3, -0.25) is 4.79 Å². The summed E-state index contributed by atoms with van der Waals surface area (Å²) in [5, 5.41) is 5.34. The molecular weight excluding hydrogens is 326 g/mol. The lowest BCUT2D eigenvalue weighted by molar-refractivity contribution is -0.121. The molecule has 1 amide bonds. The molecule has 2 heterocycles. The van der Waals surface area contributed by atoms with E-state index in [4.69, 9.17) is 0 Å². The molecule has 6 heteroatoms. The number of nitrogens with one attached hydrogen (secondary N) is 1. The maximum absolute atomic E-state index is 12.1. The minimum Gasteiger partial charge on any atom is -0.353 e. The van der Waals surface area contributed by atoms with Crippen LogP contribution in [-0.2, 0) is 4.79 Å². The Morgan fingerprint density at radius 1 is 1.30 bits per heavy atom. The van der Waals surface area contributed by atoms with E-state index in [0.29, 0.717) is 12.5 Å². The zero-order valence-electron chi connectivity index (χ0n) is 13.7. The van der Waals surface area contributed by atoms with Gasteiger partial charge in [0.1, 0.15) is 16.2 Å². The van der Waals surface area contributed by atoms with Crippen molar-refractivity contribution in [2.75, 3.05) is 5.75 Å². The second-order valence-electron chi connectivity index (χ2n) is 6.14. The molecular formula is C17H23N3OS2. The Bertz CT molecular complexity index is 692. The van der Waals surface area contributed by atoms with Crippen LogP contribution in [0.5, 0.6) is 0 Å². The van der Waals surface area contributed by atoms with E-state index in [1.165, 1.54) is 29.7 Å². The predicted octanol–water partition coefficient (Wildman–Crippen LogP) is 4.24. The molecule has 23 heavy (non-hydrogen) atoms. The molecule has 2 aromatic heterocycles. The van der Waals surface area contributed by atoms with E-state index in [9.17, 15) is 4.79 Å². The van der Waals surface area contributed by atoms with E-state index in [1.807, 2.05) is 0 Å². The minimum absolute atomic E-state index is 0.174. The number of carbonyl (C=O) groups excluding carboxylic acids is 1. The lowest BCUT2D eigenvalue weighted by atomic mass is 9.95. The Balaban J connectivity index is 1.55. The van der Waals surface area contributed by atoms with Crippen LogP contribution in [0.2, 0.25) is 0 Å². The molecule has 1 aliphatic carbocycles.